The third-order valence-electron chi connectivity index (χ3n) is 4.52. The van der Waals surface area contributed by atoms with Gasteiger partial charge in [-0.1, -0.05) is 5.10 Å². The number of carbonyl (C=O) groups excluding carboxylic acids is 1. The molecule has 0 unspecified atom stereocenters. The monoisotopic (exact) mass is 431 g/mol. The Hall–Kier alpha value is -4.09. The maximum atomic E-state index is 13.2. The lowest BCUT2D eigenvalue weighted by Crippen LogP contribution is -2.38. The predicted molar refractivity (Wildman–Crippen MR) is 101 cm³/mol. The van der Waals surface area contributed by atoms with E-state index in [-0.39, 0.29) is 29.6 Å². The lowest BCUT2D eigenvalue weighted by molar-refractivity contribution is -0.148. The lowest BCUT2D eigenvalue weighted by Gasteiger charge is -2.31. The molecule has 1 aliphatic carbocycles. The average Bonchev–Trinajstić information content (AvgIpc) is 3.17. The van der Waals surface area contributed by atoms with Crippen LogP contribution in [0.25, 0.3) is 0 Å². The summed E-state index contributed by atoms with van der Waals surface area (Å²) in [5.74, 6) is -4.04. The summed E-state index contributed by atoms with van der Waals surface area (Å²) in [5.41, 5.74) is 0.498. The number of halogens is 2. The number of carboxylic acid groups (broad SMARTS) is 1. The normalized spacial score (nSPS) is 17.5. The maximum absolute atomic E-state index is 13.2. The van der Waals surface area contributed by atoms with Crippen molar-refractivity contribution >= 4 is 29.3 Å². The molecule has 31 heavy (non-hydrogen) atoms. The number of rotatable bonds is 7. The van der Waals surface area contributed by atoms with E-state index in [4.69, 9.17) is 14.3 Å². The van der Waals surface area contributed by atoms with E-state index in [1.165, 1.54) is 18.3 Å². The van der Waals surface area contributed by atoms with Crippen LogP contribution >= 0.6 is 0 Å². The second kappa shape index (κ2) is 8.34. The highest BCUT2D eigenvalue weighted by molar-refractivity contribution is 6.00. The molecular weight excluding hydrogens is 416 g/mol. The van der Waals surface area contributed by atoms with Crippen LogP contribution in [-0.2, 0) is 4.79 Å². The van der Waals surface area contributed by atoms with E-state index in [9.17, 15) is 18.4 Å². The SMILES string of the molecule is O=C(Nc1ccc(O[C@H]2C[C@H](C(=O)O)C2)nc1)c1nnc(Nc2ccc(F)c(F)c2)o1. The number of amides is 1. The Labute approximate surface area is 173 Å². The minimum absolute atomic E-state index is 0.162. The molecule has 0 bridgehead atoms. The number of benzene rings is 1. The molecule has 1 saturated carbocycles. The van der Waals surface area contributed by atoms with Crippen LogP contribution in [0.1, 0.15) is 23.5 Å². The van der Waals surface area contributed by atoms with Gasteiger partial charge >= 0.3 is 23.8 Å². The predicted octanol–water partition coefficient (Wildman–Crippen LogP) is 2.98. The molecule has 0 spiro atoms. The zero-order valence-electron chi connectivity index (χ0n) is 15.7. The fourth-order valence-electron chi connectivity index (χ4n) is 2.81. The average molecular weight is 431 g/mol. The molecule has 0 radical (unpaired) electrons. The molecule has 2 heterocycles. The first-order chi connectivity index (χ1) is 14.9. The van der Waals surface area contributed by atoms with E-state index in [0.29, 0.717) is 24.4 Å². The summed E-state index contributed by atoms with van der Waals surface area (Å²) >= 11 is 0. The van der Waals surface area contributed by atoms with Crippen LogP contribution in [0.4, 0.5) is 26.2 Å². The number of hydrogen-bond acceptors (Lipinski definition) is 8. The number of carbonyl (C=O) groups is 2. The van der Waals surface area contributed by atoms with Crippen molar-refractivity contribution in [2.75, 3.05) is 10.6 Å². The second-order valence-corrected chi connectivity index (χ2v) is 6.75. The minimum atomic E-state index is -1.05. The summed E-state index contributed by atoms with van der Waals surface area (Å²) in [6, 6.07) is 6.00. The molecule has 1 fully saturated rings. The second-order valence-electron chi connectivity index (χ2n) is 6.75. The fraction of sp³-hybridized carbons (Fsp3) is 0.211. The largest absolute Gasteiger partial charge is 0.481 e. The Kier molecular flexibility index (Phi) is 5.43. The van der Waals surface area contributed by atoms with Gasteiger partial charge in [0.1, 0.15) is 6.10 Å². The molecule has 3 aromatic rings. The Balaban J connectivity index is 1.31. The summed E-state index contributed by atoms with van der Waals surface area (Å²) in [5, 5.41) is 21.2. The highest BCUT2D eigenvalue weighted by atomic mass is 19.2. The Bertz CT molecular complexity index is 1120. The molecule has 0 aliphatic heterocycles. The van der Waals surface area contributed by atoms with Gasteiger partial charge in [0.25, 0.3) is 0 Å². The third kappa shape index (κ3) is 4.74. The van der Waals surface area contributed by atoms with E-state index in [0.717, 1.165) is 12.1 Å². The van der Waals surface area contributed by atoms with Crippen LogP contribution < -0.4 is 15.4 Å². The minimum Gasteiger partial charge on any atom is -0.481 e. The molecule has 10 nitrogen and oxygen atoms in total. The molecule has 0 saturated heterocycles. The van der Waals surface area contributed by atoms with Gasteiger partial charge in [0.2, 0.25) is 5.88 Å². The number of nitrogens with zero attached hydrogens (tertiary/aromatic N) is 3. The van der Waals surface area contributed by atoms with Gasteiger partial charge in [0.15, 0.2) is 11.6 Å². The molecule has 1 amide bonds. The van der Waals surface area contributed by atoms with Crippen molar-refractivity contribution in [2.45, 2.75) is 18.9 Å². The number of pyridine rings is 1. The van der Waals surface area contributed by atoms with Crippen molar-refractivity contribution in [2.24, 2.45) is 5.92 Å². The molecule has 3 N–H and O–H groups in total. The van der Waals surface area contributed by atoms with Gasteiger partial charge in [0.05, 0.1) is 17.8 Å². The number of aromatic nitrogens is 3. The van der Waals surface area contributed by atoms with Crippen LogP contribution in [0.3, 0.4) is 0 Å². The first-order valence-corrected chi connectivity index (χ1v) is 9.10. The van der Waals surface area contributed by atoms with E-state index < -0.39 is 23.5 Å². The standard InChI is InChI=1S/C19H15F2N5O5/c20-13-3-1-10(7-14(13)21)24-19-26-25-17(31-19)16(27)23-11-2-4-15(22-8-11)30-12-5-9(6-12)18(28)29/h1-4,7-9,12H,5-6H2,(H,23,27)(H,24,26)(H,28,29)/t9-,12-. The smallest absolute Gasteiger partial charge is 0.320 e. The van der Waals surface area contributed by atoms with Crippen LogP contribution in [-0.4, -0.2) is 38.3 Å². The fourth-order valence-corrected chi connectivity index (χ4v) is 2.81. The molecule has 2 aromatic heterocycles. The van der Waals surface area contributed by atoms with Crippen molar-refractivity contribution in [1.82, 2.24) is 15.2 Å². The summed E-state index contributed by atoms with van der Waals surface area (Å²) in [4.78, 5) is 27.1. The van der Waals surface area contributed by atoms with Crippen LogP contribution in [0.2, 0.25) is 0 Å². The number of carboxylic acids is 1. The number of aliphatic carboxylic acids is 1. The third-order valence-corrected chi connectivity index (χ3v) is 4.52. The van der Waals surface area contributed by atoms with Crippen LogP contribution in [0, 0.1) is 17.6 Å². The van der Waals surface area contributed by atoms with Gasteiger partial charge < -0.3 is 24.9 Å². The van der Waals surface area contributed by atoms with E-state index in [2.05, 4.69) is 25.8 Å². The summed E-state index contributed by atoms with van der Waals surface area (Å²) < 4.78 is 36.9. The first-order valence-electron chi connectivity index (χ1n) is 9.10. The number of hydrogen-bond donors (Lipinski definition) is 3. The molecule has 1 aliphatic rings. The Morgan fingerprint density at radius 1 is 1.10 bits per heavy atom. The van der Waals surface area contributed by atoms with Gasteiger partial charge in [0, 0.05) is 17.8 Å². The van der Waals surface area contributed by atoms with Crippen LogP contribution in [0.15, 0.2) is 40.9 Å². The highest BCUT2D eigenvalue weighted by Gasteiger charge is 2.36. The first kappa shape index (κ1) is 20.2. The molecule has 1 aromatic carbocycles. The number of anilines is 3. The maximum Gasteiger partial charge on any atom is 0.320 e. The zero-order chi connectivity index (χ0) is 22.0. The van der Waals surface area contributed by atoms with Gasteiger partial charge in [-0.05, 0) is 31.0 Å². The van der Waals surface area contributed by atoms with Gasteiger partial charge in [-0.15, -0.1) is 5.10 Å². The van der Waals surface area contributed by atoms with Crippen molar-refractivity contribution in [1.29, 1.82) is 0 Å². The highest BCUT2D eigenvalue weighted by Crippen LogP contribution is 2.31. The van der Waals surface area contributed by atoms with E-state index in [1.54, 1.807) is 6.07 Å². The number of nitrogens with one attached hydrogen (secondary N) is 2. The Morgan fingerprint density at radius 2 is 1.87 bits per heavy atom. The van der Waals surface area contributed by atoms with Crippen LogP contribution in [0.5, 0.6) is 5.88 Å². The van der Waals surface area contributed by atoms with Gasteiger partial charge in [-0.3, -0.25) is 9.59 Å². The van der Waals surface area contributed by atoms with Crippen molar-refractivity contribution in [3.63, 3.8) is 0 Å². The lowest BCUT2D eigenvalue weighted by atomic mass is 9.82. The summed E-state index contributed by atoms with van der Waals surface area (Å²) in [6.45, 7) is 0. The molecule has 4 rings (SSSR count). The molecule has 0 atom stereocenters. The van der Waals surface area contributed by atoms with Crippen molar-refractivity contribution < 1.29 is 32.6 Å². The zero-order valence-corrected chi connectivity index (χ0v) is 15.7. The Morgan fingerprint density at radius 3 is 2.55 bits per heavy atom. The van der Waals surface area contributed by atoms with Gasteiger partial charge in [-0.2, -0.15) is 0 Å². The van der Waals surface area contributed by atoms with Crippen molar-refractivity contribution in [3.8, 4) is 5.88 Å². The van der Waals surface area contributed by atoms with Gasteiger partial charge in [-0.25, -0.2) is 13.8 Å². The van der Waals surface area contributed by atoms with E-state index >= 15 is 0 Å². The summed E-state index contributed by atoms with van der Waals surface area (Å²) in [6.07, 6.45) is 2.01. The quantitative estimate of drug-likeness (QED) is 0.515. The molecular formula is C19H15F2N5O5. The summed E-state index contributed by atoms with van der Waals surface area (Å²) in [7, 11) is 0. The molecule has 12 heteroatoms. The van der Waals surface area contributed by atoms with Crippen molar-refractivity contribution in [3.05, 3.63) is 54.1 Å². The topological polar surface area (TPSA) is 139 Å². The molecule has 160 valence electrons. The van der Waals surface area contributed by atoms with E-state index in [1.807, 2.05) is 0 Å². The number of ether oxygens (including phenoxy) is 1.